The molecule has 0 saturated heterocycles. The molecule has 0 aromatic carbocycles. The van der Waals surface area contributed by atoms with Crippen molar-refractivity contribution in [2.45, 2.75) is 53.2 Å². The fourth-order valence-electron chi connectivity index (χ4n) is 2.03. The Bertz CT molecular complexity index is 310. The predicted octanol–water partition coefficient (Wildman–Crippen LogP) is 2.05. The standard InChI is InChI=1S/C12H23N3O/c1-8(2)11(10(5)16)6-12-13-7-14-15(12)9(3)4/h7-11,16H,6H2,1-5H3. The van der Waals surface area contributed by atoms with Crippen LogP contribution in [0.1, 0.15) is 46.5 Å². The van der Waals surface area contributed by atoms with E-state index in [4.69, 9.17) is 0 Å². The Morgan fingerprint density at radius 2 is 1.88 bits per heavy atom. The van der Waals surface area contributed by atoms with Gasteiger partial charge in [0.05, 0.1) is 6.10 Å². The van der Waals surface area contributed by atoms with Crippen LogP contribution in [-0.2, 0) is 6.42 Å². The van der Waals surface area contributed by atoms with Gasteiger partial charge in [-0.1, -0.05) is 13.8 Å². The van der Waals surface area contributed by atoms with Crippen LogP contribution in [0.25, 0.3) is 0 Å². The monoisotopic (exact) mass is 225 g/mol. The molecule has 1 N–H and O–H groups in total. The van der Waals surface area contributed by atoms with Crippen LogP contribution in [0.15, 0.2) is 6.33 Å². The first kappa shape index (κ1) is 13.2. The second-order valence-corrected chi connectivity index (χ2v) is 5.07. The van der Waals surface area contributed by atoms with Crippen LogP contribution < -0.4 is 0 Å². The molecular formula is C12H23N3O. The molecule has 4 nitrogen and oxygen atoms in total. The maximum atomic E-state index is 9.75. The van der Waals surface area contributed by atoms with Crippen LogP contribution in [0.4, 0.5) is 0 Å². The highest BCUT2D eigenvalue weighted by Gasteiger charge is 2.22. The highest BCUT2D eigenvalue weighted by Crippen LogP contribution is 2.20. The van der Waals surface area contributed by atoms with Gasteiger partial charge in [-0.2, -0.15) is 5.10 Å². The van der Waals surface area contributed by atoms with Gasteiger partial charge in [0.25, 0.3) is 0 Å². The van der Waals surface area contributed by atoms with E-state index in [1.54, 1.807) is 6.33 Å². The molecule has 1 aromatic rings. The van der Waals surface area contributed by atoms with Crippen molar-refractivity contribution < 1.29 is 5.11 Å². The molecule has 92 valence electrons. The summed E-state index contributed by atoms with van der Waals surface area (Å²) < 4.78 is 1.93. The minimum atomic E-state index is -0.308. The lowest BCUT2D eigenvalue weighted by molar-refractivity contribution is 0.0953. The van der Waals surface area contributed by atoms with Gasteiger partial charge in [-0.15, -0.1) is 0 Å². The zero-order valence-electron chi connectivity index (χ0n) is 10.9. The summed E-state index contributed by atoms with van der Waals surface area (Å²) in [6, 6.07) is 0.319. The molecule has 1 aromatic heterocycles. The third-order valence-corrected chi connectivity index (χ3v) is 3.03. The third kappa shape index (κ3) is 3.04. The molecule has 1 heterocycles. The molecule has 0 aliphatic carbocycles. The van der Waals surface area contributed by atoms with Crippen molar-refractivity contribution in [2.24, 2.45) is 11.8 Å². The van der Waals surface area contributed by atoms with Crippen molar-refractivity contribution in [1.82, 2.24) is 14.8 Å². The molecule has 0 saturated carbocycles. The van der Waals surface area contributed by atoms with Crippen LogP contribution in [0, 0.1) is 11.8 Å². The number of aromatic nitrogens is 3. The first-order valence-corrected chi connectivity index (χ1v) is 6.00. The van der Waals surface area contributed by atoms with Gasteiger partial charge in [-0.05, 0) is 32.6 Å². The van der Waals surface area contributed by atoms with Crippen LogP contribution in [0.2, 0.25) is 0 Å². The second-order valence-electron chi connectivity index (χ2n) is 5.07. The lowest BCUT2D eigenvalue weighted by Gasteiger charge is -2.23. The summed E-state index contributed by atoms with van der Waals surface area (Å²) in [6.07, 6.45) is 2.07. The molecule has 1 rings (SSSR count). The Morgan fingerprint density at radius 3 is 2.31 bits per heavy atom. The van der Waals surface area contributed by atoms with Gasteiger partial charge in [0.2, 0.25) is 0 Å². The maximum absolute atomic E-state index is 9.75. The minimum Gasteiger partial charge on any atom is -0.393 e. The summed E-state index contributed by atoms with van der Waals surface area (Å²) in [6.45, 7) is 10.3. The number of nitrogens with zero attached hydrogens (tertiary/aromatic N) is 3. The van der Waals surface area contributed by atoms with Crippen molar-refractivity contribution in [3.8, 4) is 0 Å². The molecule has 0 fully saturated rings. The molecule has 0 amide bonds. The first-order chi connectivity index (χ1) is 7.43. The SMILES string of the molecule is CC(C)C(Cc1ncnn1C(C)C)C(C)O. The van der Waals surface area contributed by atoms with Crippen LogP contribution in [0.5, 0.6) is 0 Å². The molecule has 0 aliphatic rings. The van der Waals surface area contributed by atoms with Crippen molar-refractivity contribution in [3.05, 3.63) is 12.2 Å². The van der Waals surface area contributed by atoms with Crippen molar-refractivity contribution in [1.29, 1.82) is 0 Å². The predicted molar refractivity (Wildman–Crippen MR) is 64.1 cm³/mol. The quantitative estimate of drug-likeness (QED) is 0.834. The molecule has 0 bridgehead atoms. The van der Waals surface area contributed by atoms with E-state index in [1.165, 1.54) is 0 Å². The number of aliphatic hydroxyl groups is 1. The average molecular weight is 225 g/mol. The molecule has 16 heavy (non-hydrogen) atoms. The topological polar surface area (TPSA) is 50.9 Å². The molecule has 0 aliphatic heterocycles. The van der Waals surface area contributed by atoms with E-state index >= 15 is 0 Å². The largest absolute Gasteiger partial charge is 0.393 e. The van der Waals surface area contributed by atoms with Gasteiger partial charge < -0.3 is 5.11 Å². The summed E-state index contributed by atoms with van der Waals surface area (Å²) >= 11 is 0. The average Bonchev–Trinajstić information content (AvgIpc) is 2.60. The maximum Gasteiger partial charge on any atom is 0.138 e. The zero-order chi connectivity index (χ0) is 12.3. The Hall–Kier alpha value is -0.900. The van der Waals surface area contributed by atoms with Gasteiger partial charge in [-0.25, -0.2) is 9.67 Å². The fourth-order valence-corrected chi connectivity index (χ4v) is 2.03. The summed E-state index contributed by atoms with van der Waals surface area (Å²) in [5.41, 5.74) is 0. The van der Waals surface area contributed by atoms with E-state index in [-0.39, 0.29) is 12.0 Å². The molecule has 2 atom stereocenters. The van der Waals surface area contributed by atoms with E-state index in [9.17, 15) is 5.11 Å². The highest BCUT2D eigenvalue weighted by atomic mass is 16.3. The second kappa shape index (κ2) is 5.43. The fraction of sp³-hybridized carbons (Fsp3) is 0.833. The third-order valence-electron chi connectivity index (χ3n) is 3.03. The van der Waals surface area contributed by atoms with Gasteiger partial charge in [0, 0.05) is 12.5 Å². The lowest BCUT2D eigenvalue weighted by Crippen LogP contribution is -2.26. The summed E-state index contributed by atoms with van der Waals surface area (Å²) in [5.74, 6) is 1.65. The molecule has 0 spiro atoms. The molecule has 4 heteroatoms. The van der Waals surface area contributed by atoms with Gasteiger partial charge >= 0.3 is 0 Å². The van der Waals surface area contributed by atoms with E-state index in [1.807, 2.05) is 11.6 Å². The Kier molecular flexibility index (Phi) is 4.47. The molecule has 0 radical (unpaired) electrons. The van der Waals surface area contributed by atoms with Gasteiger partial charge in [0.1, 0.15) is 12.2 Å². The van der Waals surface area contributed by atoms with E-state index in [0.717, 1.165) is 12.2 Å². The minimum absolute atomic E-state index is 0.238. The smallest absolute Gasteiger partial charge is 0.138 e. The van der Waals surface area contributed by atoms with E-state index < -0.39 is 0 Å². The van der Waals surface area contributed by atoms with Crippen molar-refractivity contribution >= 4 is 0 Å². The Balaban J connectivity index is 2.81. The first-order valence-electron chi connectivity index (χ1n) is 6.00. The van der Waals surface area contributed by atoms with Gasteiger partial charge in [0.15, 0.2) is 0 Å². The Morgan fingerprint density at radius 1 is 1.25 bits per heavy atom. The van der Waals surface area contributed by atoms with Crippen LogP contribution in [-0.4, -0.2) is 26.0 Å². The highest BCUT2D eigenvalue weighted by molar-refractivity contribution is 4.91. The number of hydrogen-bond acceptors (Lipinski definition) is 3. The molecular weight excluding hydrogens is 202 g/mol. The summed E-state index contributed by atoms with van der Waals surface area (Å²) in [5, 5.41) is 14.0. The molecule has 2 unspecified atom stereocenters. The summed E-state index contributed by atoms with van der Waals surface area (Å²) in [4.78, 5) is 4.28. The summed E-state index contributed by atoms with van der Waals surface area (Å²) in [7, 11) is 0. The Labute approximate surface area is 97.7 Å². The number of rotatable bonds is 5. The van der Waals surface area contributed by atoms with Crippen LogP contribution in [0.3, 0.4) is 0 Å². The van der Waals surface area contributed by atoms with Crippen molar-refractivity contribution in [2.75, 3.05) is 0 Å². The zero-order valence-corrected chi connectivity index (χ0v) is 10.9. The van der Waals surface area contributed by atoms with Crippen molar-refractivity contribution in [3.63, 3.8) is 0 Å². The van der Waals surface area contributed by atoms with E-state index in [2.05, 4.69) is 37.8 Å². The lowest BCUT2D eigenvalue weighted by atomic mass is 9.88. The number of hydrogen-bond donors (Lipinski definition) is 1. The number of aliphatic hydroxyl groups excluding tert-OH is 1. The van der Waals surface area contributed by atoms with Crippen LogP contribution >= 0.6 is 0 Å². The van der Waals surface area contributed by atoms with E-state index in [0.29, 0.717) is 12.0 Å². The van der Waals surface area contributed by atoms with Gasteiger partial charge in [-0.3, -0.25) is 0 Å². The normalized spacial score (nSPS) is 15.8.